The normalized spacial score (nSPS) is 12.1. The summed E-state index contributed by atoms with van der Waals surface area (Å²) >= 11 is 9.62. The van der Waals surface area contributed by atoms with E-state index in [9.17, 15) is 0 Å². The summed E-state index contributed by atoms with van der Waals surface area (Å²) in [5, 5.41) is 4.15. The zero-order chi connectivity index (χ0) is 14.7. The lowest BCUT2D eigenvalue weighted by atomic mass is 10.0. The van der Waals surface area contributed by atoms with Crippen LogP contribution in [0.15, 0.2) is 40.9 Å². The lowest BCUT2D eigenvalue weighted by Crippen LogP contribution is -2.09. The molecule has 0 radical (unpaired) electrons. The average Bonchev–Trinajstić information content (AvgIpc) is 2.43. The largest absolute Gasteiger partial charge is 0.496 e. The summed E-state index contributed by atoms with van der Waals surface area (Å²) < 4.78 is 6.31. The fourth-order valence-electron chi connectivity index (χ4n) is 2.12. The Kier molecular flexibility index (Phi) is 4.95. The Morgan fingerprint density at radius 2 is 2.00 bits per heavy atom. The fraction of sp³-hybridized carbons (Fsp3) is 0.250. The highest BCUT2D eigenvalue weighted by Gasteiger charge is 2.13. The molecule has 0 saturated heterocycles. The molecule has 2 aromatic carbocycles. The minimum Gasteiger partial charge on any atom is -0.496 e. The second-order valence-electron chi connectivity index (χ2n) is 4.71. The van der Waals surface area contributed by atoms with Crippen molar-refractivity contribution in [3.8, 4) is 5.75 Å². The highest BCUT2D eigenvalue weighted by molar-refractivity contribution is 9.10. The van der Waals surface area contributed by atoms with E-state index in [1.165, 1.54) is 5.56 Å². The Morgan fingerprint density at radius 3 is 2.70 bits per heavy atom. The molecule has 2 nitrogen and oxygen atoms in total. The highest BCUT2D eigenvalue weighted by Crippen LogP contribution is 2.34. The zero-order valence-electron chi connectivity index (χ0n) is 11.7. The van der Waals surface area contributed by atoms with Crippen LogP contribution < -0.4 is 10.1 Å². The minimum absolute atomic E-state index is 0.111. The number of hydrogen-bond acceptors (Lipinski definition) is 2. The quantitative estimate of drug-likeness (QED) is 0.772. The van der Waals surface area contributed by atoms with Crippen LogP contribution in [0.1, 0.15) is 24.1 Å². The van der Waals surface area contributed by atoms with E-state index in [2.05, 4.69) is 41.2 Å². The van der Waals surface area contributed by atoms with E-state index < -0.39 is 0 Å². The van der Waals surface area contributed by atoms with Gasteiger partial charge in [-0.15, -0.1) is 0 Å². The maximum atomic E-state index is 6.12. The van der Waals surface area contributed by atoms with Crippen LogP contribution in [-0.2, 0) is 0 Å². The summed E-state index contributed by atoms with van der Waals surface area (Å²) in [7, 11) is 1.69. The van der Waals surface area contributed by atoms with Crippen LogP contribution in [0.4, 0.5) is 5.69 Å². The molecule has 4 heteroatoms. The zero-order valence-corrected chi connectivity index (χ0v) is 14.0. The van der Waals surface area contributed by atoms with Gasteiger partial charge in [0.05, 0.1) is 28.3 Å². The second-order valence-corrected chi connectivity index (χ2v) is 5.91. The van der Waals surface area contributed by atoms with Crippen molar-refractivity contribution in [3.05, 3.63) is 57.0 Å². The first-order chi connectivity index (χ1) is 9.52. The monoisotopic (exact) mass is 353 g/mol. The molecule has 0 aliphatic heterocycles. The number of rotatable bonds is 4. The van der Waals surface area contributed by atoms with E-state index in [0.717, 1.165) is 21.5 Å². The molecule has 0 bridgehead atoms. The van der Waals surface area contributed by atoms with Crippen molar-refractivity contribution in [1.29, 1.82) is 0 Å². The van der Waals surface area contributed by atoms with Gasteiger partial charge in [-0.2, -0.15) is 0 Å². The van der Waals surface area contributed by atoms with E-state index in [-0.39, 0.29) is 6.04 Å². The molecule has 0 spiro atoms. The summed E-state index contributed by atoms with van der Waals surface area (Å²) in [4.78, 5) is 0. The van der Waals surface area contributed by atoms with Crippen LogP contribution in [-0.4, -0.2) is 7.11 Å². The lowest BCUT2D eigenvalue weighted by molar-refractivity contribution is 0.408. The summed E-state index contributed by atoms with van der Waals surface area (Å²) in [6.45, 7) is 4.18. The van der Waals surface area contributed by atoms with E-state index in [1.807, 2.05) is 30.3 Å². The Bertz CT molecular complexity index is 615. The third-order valence-corrected chi connectivity index (χ3v) is 4.57. The van der Waals surface area contributed by atoms with Crippen molar-refractivity contribution >= 4 is 33.2 Å². The third kappa shape index (κ3) is 3.28. The Balaban J connectivity index is 2.30. The van der Waals surface area contributed by atoms with Gasteiger partial charge in [0, 0.05) is 5.56 Å². The van der Waals surface area contributed by atoms with Gasteiger partial charge in [0.1, 0.15) is 5.75 Å². The number of methoxy groups -OCH3 is 1. The Hall–Kier alpha value is -1.19. The Labute approximate surface area is 133 Å². The highest BCUT2D eigenvalue weighted by atomic mass is 79.9. The van der Waals surface area contributed by atoms with Crippen LogP contribution in [0, 0.1) is 6.92 Å². The average molecular weight is 355 g/mol. The molecule has 1 unspecified atom stereocenters. The molecule has 0 aliphatic rings. The Morgan fingerprint density at radius 1 is 1.25 bits per heavy atom. The van der Waals surface area contributed by atoms with Gasteiger partial charge >= 0.3 is 0 Å². The molecule has 0 fully saturated rings. The third-order valence-electron chi connectivity index (χ3n) is 3.18. The molecule has 0 heterocycles. The summed E-state index contributed by atoms with van der Waals surface area (Å²) in [5.41, 5.74) is 3.30. The first-order valence-corrected chi connectivity index (χ1v) is 7.55. The first kappa shape index (κ1) is 15.2. The molecule has 2 rings (SSSR count). The standard InChI is InChI=1S/C16H17BrClNO/c1-10-7-8-15(20-3)12(9-10)11(2)19-14-6-4-5-13(18)16(14)17/h4-9,11,19H,1-3H3. The van der Waals surface area contributed by atoms with Gasteiger partial charge in [0.2, 0.25) is 0 Å². The second kappa shape index (κ2) is 6.51. The summed E-state index contributed by atoms with van der Waals surface area (Å²) in [6.07, 6.45) is 0. The molecular formula is C16H17BrClNO. The number of halogens is 2. The van der Waals surface area contributed by atoms with Crippen molar-refractivity contribution in [2.24, 2.45) is 0 Å². The number of aryl methyl sites for hydroxylation is 1. The van der Waals surface area contributed by atoms with E-state index >= 15 is 0 Å². The molecule has 2 aromatic rings. The summed E-state index contributed by atoms with van der Waals surface area (Å²) in [5.74, 6) is 0.883. The van der Waals surface area contributed by atoms with Gasteiger partial charge in [0.25, 0.3) is 0 Å². The van der Waals surface area contributed by atoms with Crippen LogP contribution in [0.25, 0.3) is 0 Å². The molecule has 0 aliphatic carbocycles. The SMILES string of the molecule is COc1ccc(C)cc1C(C)Nc1cccc(Cl)c1Br. The summed E-state index contributed by atoms with van der Waals surface area (Å²) in [6, 6.07) is 12.1. The van der Waals surface area contributed by atoms with Crippen LogP contribution in [0.3, 0.4) is 0 Å². The number of nitrogens with one attached hydrogen (secondary N) is 1. The van der Waals surface area contributed by atoms with Gasteiger partial charge < -0.3 is 10.1 Å². The first-order valence-electron chi connectivity index (χ1n) is 6.38. The van der Waals surface area contributed by atoms with Gasteiger partial charge in [0.15, 0.2) is 0 Å². The predicted molar refractivity (Wildman–Crippen MR) is 88.9 cm³/mol. The molecule has 0 aromatic heterocycles. The van der Waals surface area contributed by atoms with Crippen molar-refractivity contribution < 1.29 is 4.74 Å². The molecule has 1 N–H and O–H groups in total. The maximum Gasteiger partial charge on any atom is 0.124 e. The number of benzene rings is 2. The molecule has 0 saturated carbocycles. The predicted octanol–water partition coefficient (Wildman–Crippen LogP) is 5.59. The smallest absolute Gasteiger partial charge is 0.124 e. The minimum atomic E-state index is 0.111. The van der Waals surface area contributed by atoms with Crippen molar-refractivity contribution in [3.63, 3.8) is 0 Å². The van der Waals surface area contributed by atoms with Crippen LogP contribution in [0.5, 0.6) is 5.75 Å². The van der Waals surface area contributed by atoms with Gasteiger partial charge in [-0.05, 0) is 48.0 Å². The van der Waals surface area contributed by atoms with Gasteiger partial charge in [-0.1, -0.05) is 35.4 Å². The van der Waals surface area contributed by atoms with Crippen molar-refractivity contribution in [2.75, 3.05) is 12.4 Å². The van der Waals surface area contributed by atoms with E-state index in [1.54, 1.807) is 7.11 Å². The maximum absolute atomic E-state index is 6.12. The van der Waals surface area contributed by atoms with E-state index in [0.29, 0.717) is 5.02 Å². The number of ether oxygens (including phenoxy) is 1. The molecule has 0 amide bonds. The molecular weight excluding hydrogens is 338 g/mol. The van der Waals surface area contributed by atoms with E-state index in [4.69, 9.17) is 16.3 Å². The lowest BCUT2D eigenvalue weighted by Gasteiger charge is -2.20. The van der Waals surface area contributed by atoms with Gasteiger partial charge in [-0.3, -0.25) is 0 Å². The molecule has 1 atom stereocenters. The number of hydrogen-bond donors (Lipinski definition) is 1. The topological polar surface area (TPSA) is 21.3 Å². The van der Waals surface area contributed by atoms with Gasteiger partial charge in [-0.25, -0.2) is 0 Å². The van der Waals surface area contributed by atoms with Crippen LogP contribution in [0.2, 0.25) is 5.02 Å². The molecule has 20 heavy (non-hydrogen) atoms. The van der Waals surface area contributed by atoms with Crippen molar-refractivity contribution in [1.82, 2.24) is 0 Å². The molecule has 106 valence electrons. The number of anilines is 1. The fourth-order valence-corrected chi connectivity index (χ4v) is 2.67. The van der Waals surface area contributed by atoms with Crippen LogP contribution >= 0.6 is 27.5 Å². The van der Waals surface area contributed by atoms with Crippen molar-refractivity contribution in [2.45, 2.75) is 19.9 Å².